The first-order chi connectivity index (χ1) is 7.15. The van der Waals surface area contributed by atoms with Crippen molar-refractivity contribution in [3.8, 4) is 0 Å². The quantitative estimate of drug-likeness (QED) is 0.782. The molecule has 82 valence electrons. The molecular weight excluding hydrogens is 214 g/mol. The number of hydrogen-bond acceptors (Lipinski definition) is 3. The van der Waals surface area contributed by atoms with Gasteiger partial charge in [-0.1, -0.05) is 11.6 Å². The lowest BCUT2D eigenvalue weighted by molar-refractivity contribution is 0.0935. The van der Waals surface area contributed by atoms with Gasteiger partial charge < -0.3 is 10.5 Å². The molecule has 0 bridgehead atoms. The molecule has 3 nitrogen and oxygen atoms in total. The summed E-state index contributed by atoms with van der Waals surface area (Å²) in [6.45, 7) is 0.487. The normalized spacial score (nSPS) is 12.5. The standard InChI is InChI=1S/C11H14ClNO2/c1-15-7-6-10(13)11(14)8-2-4-9(12)5-3-8/h2-5,10H,6-7,13H2,1H3. The van der Waals surface area contributed by atoms with Gasteiger partial charge in [-0.05, 0) is 30.7 Å². The number of hydrogen-bond donors (Lipinski definition) is 1. The first-order valence-electron chi connectivity index (χ1n) is 4.69. The molecule has 0 aliphatic rings. The third-order valence-corrected chi connectivity index (χ3v) is 2.35. The molecule has 0 spiro atoms. The van der Waals surface area contributed by atoms with E-state index in [2.05, 4.69) is 0 Å². The van der Waals surface area contributed by atoms with Crippen LogP contribution in [0.2, 0.25) is 5.02 Å². The average molecular weight is 228 g/mol. The molecule has 1 aromatic carbocycles. The third-order valence-electron chi connectivity index (χ3n) is 2.10. The molecule has 0 amide bonds. The Balaban J connectivity index is 2.63. The van der Waals surface area contributed by atoms with Gasteiger partial charge >= 0.3 is 0 Å². The Kier molecular flexibility index (Phi) is 4.75. The van der Waals surface area contributed by atoms with Crippen molar-refractivity contribution >= 4 is 17.4 Å². The fourth-order valence-electron chi connectivity index (χ4n) is 1.20. The molecule has 0 aliphatic heterocycles. The Labute approximate surface area is 94.2 Å². The number of methoxy groups -OCH3 is 1. The number of rotatable bonds is 5. The van der Waals surface area contributed by atoms with Crippen LogP contribution in [-0.2, 0) is 4.74 Å². The monoisotopic (exact) mass is 227 g/mol. The van der Waals surface area contributed by atoms with E-state index in [9.17, 15) is 4.79 Å². The second kappa shape index (κ2) is 5.85. The predicted molar refractivity (Wildman–Crippen MR) is 60.3 cm³/mol. The molecule has 15 heavy (non-hydrogen) atoms. The number of halogens is 1. The number of carbonyl (C=O) groups excluding carboxylic acids is 1. The van der Waals surface area contributed by atoms with Crippen LogP contribution in [0.1, 0.15) is 16.8 Å². The lowest BCUT2D eigenvalue weighted by atomic mass is 10.0. The lowest BCUT2D eigenvalue weighted by Crippen LogP contribution is -2.31. The van der Waals surface area contributed by atoms with E-state index >= 15 is 0 Å². The maximum atomic E-state index is 11.7. The maximum Gasteiger partial charge on any atom is 0.179 e. The second-order valence-electron chi connectivity index (χ2n) is 3.26. The molecule has 0 saturated heterocycles. The number of carbonyl (C=O) groups is 1. The van der Waals surface area contributed by atoms with Crippen molar-refractivity contribution in [3.05, 3.63) is 34.9 Å². The summed E-state index contributed by atoms with van der Waals surface area (Å²) in [5.41, 5.74) is 6.30. The molecule has 0 radical (unpaired) electrons. The van der Waals surface area contributed by atoms with Crippen molar-refractivity contribution in [2.24, 2.45) is 5.73 Å². The van der Waals surface area contributed by atoms with Gasteiger partial charge in [-0.2, -0.15) is 0 Å². The molecule has 1 aromatic rings. The van der Waals surface area contributed by atoms with E-state index in [-0.39, 0.29) is 5.78 Å². The van der Waals surface area contributed by atoms with E-state index in [1.165, 1.54) is 0 Å². The smallest absolute Gasteiger partial charge is 0.179 e. The van der Waals surface area contributed by atoms with Gasteiger partial charge in [-0.15, -0.1) is 0 Å². The van der Waals surface area contributed by atoms with E-state index in [1.54, 1.807) is 31.4 Å². The first kappa shape index (κ1) is 12.2. The summed E-state index contributed by atoms with van der Waals surface area (Å²) in [4.78, 5) is 11.7. The van der Waals surface area contributed by atoms with Crippen LogP contribution >= 0.6 is 11.6 Å². The van der Waals surface area contributed by atoms with Crippen molar-refractivity contribution in [2.75, 3.05) is 13.7 Å². The summed E-state index contributed by atoms with van der Waals surface area (Å²) in [7, 11) is 1.58. The Morgan fingerprint density at radius 1 is 1.47 bits per heavy atom. The highest BCUT2D eigenvalue weighted by atomic mass is 35.5. The van der Waals surface area contributed by atoms with E-state index < -0.39 is 6.04 Å². The zero-order valence-corrected chi connectivity index (χ0v) is 9.33. The Hall–Kier alpha value is -0.900. The highest BCUT2D eigenvalue weighted by molar-refractivity contribution is 6.30. The lowest BCUT2D eigenvalue weighted by Gasteiger charge is -2.09. The summed E-state index contributed by atoms with van der Waals surface area (Å²) in [5.74, 6) is -0.0799. The van der Waals surface area contributed by atoms with Crippen molar-refractivity contribution in [1.82, 2.24) is 0 Å². The third kappa shape index (κ3) is 3.63. The van der Waals surface area contributed by atoms with E-state index in [4.69, 9.17) is 22.1 Å². The molecule has 1 unspecified atom stereocenters. The van der Waals surface area contributed by atoms with Crippen molar-refractivity contribution < 1.29 is 9.53 Å². The molecule has 1 atom stereocenters. The SMILES string of the molecule is COCCC(N)C(=O)c1ccc(Cl)cc1. The molecule has 4 heteroatoms. The highest BCUT2D eigenvalue weighted by Crippen LogP contribution is 2.11. The molecule has 0 saturated carbocycles. The van der Waals surface area contributed by atoms with Crippen molar-refractivity contribution in [1.29, 1.82) is 0 Å². The van der Waals surface area contributed by atoms with Crippen molar-refractivity contribution in [2.45, 2.75) is 12.5 Å². The number of ketones is 1. The minimum absolute atomic E-state index is 0.0799. The zero-order valence-electron chi connectivity index (χ0n) is 8.57. The minimum atomic E-state index is -0.508. The Bertz CT molecular complexity index is 324. The summed E-state index contributed by atoms with van der Waals surface area (Å²) < 4.78 is 4.86. The topological polar surface area (TPSA) is 52.3 Å². The molecule has 0 heterocycles. The number of nitrogens with two attached hydrogens (primary N) is 1. The summed E-state index contributed by atoms with van der Waals surface area (Å²) in [6.07, 6.45) is 0.526. The summed E-state index contributed by atoms with van der Waals surface area (Å²) in [6, 6.07) is 6.20. The second-order valence-corrected chi connectivity index (χ2v) is 3.70. The fraction of sp³-hybridized carbons (Fsp3) is 0.364. The average Bonchev–Trinajstić information content (AvgIpc) is 2.26. The van der Waals surface area contributed by atoms with Gasteiger partial charge in [0.25, 0.3) is 0 Å². The molecule has 1 rings (SSSR count). The van der Waals surface area contributed by atoms with Gasteiger partial charge in [0.15, 0.2) is 5.78 Å². The highest BCUT2D eigenvalue weighted by Gasteiger charge is 2.14. The van der Waals surface area contributed by atoms with Gasteiger partial charge in [-0.3, -0.25) is 4.79 Å². The number of benzene rings is 1. The van der Waals surface area contributed by atoms with Crippen LogP contribution in [0.15, 0.2) is 24.3 Å². The van der Waals surface area contributed by atoms with E-state index in [0.717, 1.165) is 0 Å². The van der Waals surface area contributed by atoms with Gasteiger partial charge in [0.05, 0.1) is 6.04 Å². The molecular formula is C11H14ClNO2. The largest absolute Gasteiger partial charge is 0.385 e. The first-order valence-corrected chi connectivity index (χ1v) is 5.07. The van der Waals surface area contributed by atoms with Gasteiger partial charge in [-0.25, -0.2) is 0 Å². The predicted octanol–water partition coefficient (Wildman–Crippen LogP) is 1.89. The van der Waals surface area contributed by atoms with Crippen LogP contribution in [-0.4, -0.2) is 25.5 Å². The molecule has 0 aromatic heterocycles. The van der Waals surface area contributed by atoms with E-state index in [0.29, 0.717) is 23.6 Å². The number of ether oxygens (including phenoxy) is 1. The summed E-state index contributed by atoms with van der Waals surface area (Å²) in [5, 5.41) is 0.608. The number of Topliss-reactive ketones (excluding diaryl/α,β-unsaturated/α-hetero) is 1. The van der Waals surface area contributed by atoms with Crippen LogP contribution in [0.4, 0.5) is 0 Å². The zero-order chi connectivity index (χ0) is 11.3. The molecule has 2 N–H and O–H groups in total. The molecule has 0 fully saturated rings. The molecule has 0 aliphatic carbocycles. The van der Waals surface area contributed by atoms with Crippen LogP contribution < -0.4 is 5.73 Å². The Morgan fingerprint density at radius 2 is 2.07 bits per heavy atom. The van der Waals surface area contributed by atoms with Crippen LogP contribution in [0.25, 0.3) is 0 Å². The van der Waals surface area contributed by atoms with Gasteiger partial charge in [0.1, 0.15) is 0 Å². The fourth-order valence-corrected chi connectivity index (χ4v) is 1.33. The maximum absolute atomic E-state index is 11.7. The van der Waals surface area contributed by atoms with Crippen LogP contribution in [0.5, 0.6) is 0 Å². The van der Waals surface area contributed by atoms with Crippen LogP contribution in [0, 0.1) is 0 Å². The minimum Gasteiger partial charge on any atom is -0.385 e. The van der Waals surface area contributed by atoms with Gasteiger partial charge in [0.2, 0.25) is 0 Å². The Morgan fingerprint density at radius 3 is 2.60 bits per heavy atom. The summed E-state index contributed by atoms with van der Waals surface area (Å²) >= 11 is 5.72. The van der Waals surface area contributed by atoms with E-state index in [1.807, 2.05) is 0 Å². The van der Waals surface area contributed by atoms with Crippen molar-refractivity contribution in [3.63, 3.8) is 0 Å². The van der Waals surface area contributed by atoms with Crippen LogP contribution in [0.3, 0.4) is 0 Å². The van der Waals surface area contributed by atoms with Gasteiger partial charge in [0, 0.05) is 24.3 Å².